The van der Waals surface area contributed by atoms with Gasteiger partial charge in [-0.05, 0) is 72.7 Å². The number of nitriles is 1. The Balaban J connectivity index is 1.49. The fourth-order valence-electron chi connectivity index (χ4n) is 4.50. The molecule has 2 aliphatic rings. The molecule has 37 heavy (non-hydrogen) atoms. The van der Waals surface area contributed by atoms with Crippen LogP contribution in [0, 0.1) is 17.1 Å². The van der Waals surface area contributed by atoms with Crippen LogP contribution in [0.2, 0.25) is 0 Å². The van der Waals surface area contributed by atoms with Crippen LogP contribution in [0.15, 0.2) is 59.1 Å². The number of allylic oxidation sites excluding steroid dienone is 4. The first-order valence-electron chi connectivity index (χ1n) is 11.7. The Morgan fingerprint density at radius 1 is 1.24 bits per heavy atom. The lowest BCUT2D eigenvalue weighted by atomic mass is 9.89. The van der Waals surface area contributed by atoms with Crippen LogP contribution in [-0.2, 0) is 21.4 Å². The number of benzene rings is 1. The maximum atomic E-state index is 13.6. The third kappa shape index (κ3) is 5.76. The summed E-state index contributed by atoms with van der Waals surface area (Å²) in [5.41, 5.74) is 2.01. The van der Waals surface area contributed by atoms with Gasteiger partial charge in [0.25, 0.3) is 5.92 Å². The van der Waals surface area contributed by atoms with E-state index in [0.29, 0.717) is 36.1 Å². The van der Waals surface area contributed by atoms with Crippen LogP contribution < -0.4 is 5.32 Å². The van der Waals surface area contributed by atoms with E-state index in [-0.39, 0.29) is 35.5 Å². The van der Waals surface area contributed by atoms with Crippen molar-refractivity contribution in [3.8, 4) is 6.07 Å². The Labute approximate surface area is 213 Å². The summed E-state index contributed by atoms with van der Waals surface area (Å²) in [6, 6.07) is 7.21. The van der Waals surface area contributed by atoms with Gasteiger partial charge in [0, 0.05) is 19.7 Å². The maximum absolute atomic E-state index is 13.6. The zero-order valence-corrected chi connectivity index (χ0v) is 20.9. The molecule has 1 fully saturated rings. The molecule has 0 spiro atoms. The van der Waals surface area contributed by atoms with E-state index >= 15 is 0 Å². The highest BCUT2D eigenvalue weighted by Gasteiger charge is 2.39. The molecule has 1 aromatic carbocycles. The summed E-state index contributed by atoms with van der Waals surface area (Å²) in [7, 11) is -3.99. The minimum atomic E-state index is -3.99. The molecular formula is C26H25F3N4O3S. The van der Waals surface area contributed by atoms with Gasteiger partial charge in [-0.15, -0.1) is 0 Å². The molecule has 7 nitrogen and oxygen atoms in total. The SMILES string of the molecule is CC(F)(F)C1=CC=C(c2cc(CNC(=O)C3CCCN3S(=O)(=O)c3ccc(F)cc3)ncc2C#N)CC1. The second kappa shape index (κ2) is 10.5. The van der Waals surface area contributed by atoms with Gasteiger partial charge in [-0.3, -0.25) is 9.78 Å². The summed E-state index contributed by atoms with van der Waals surface area (Å²) in [4.78, 5) is 17.1. The molecule has 11 heteroatoms. The zero-order valence-electron chi connectivity index (χ0n) is 20.0. The van der Waals surface area contributed by atoms with Crippen molar-refractivity contribution in [3.63, 3.8) is 0 Å². The van der Waals surface area contributed by atoms with Crippen molar-refractivity contribution in [2.75, 3.05) is 6.54 Å². The number of carbonyl (C=O) groups is 1. The summed E-state index contributed by atoms with van der Waals surface area (Å²) in [6.45, 7) is 0.999. The zero-order chi connectivity index (χ0) is 26.8. The third-order valence-electron chi connectivity index (χ3n) is 6.51. The van der Waals surface area contributed by atoms with Crippen LogP contribution in [0.25, 0.3) is 5.57 Å². The minimum Gasteiger partial charge on any atom is -0.349 e. The first-order chi connectivity index (χ1) is 17.5. The molecule has 1 aromatic heterocycles. The monoisotopic (exact) mass is 530 g/mol. The molecule has 0 saturated carbocycles. The van der Waals surface area contributed by atoms with Crippen molar-refractivity contribution >= 4 is 21.5 Å². The number of carbonyl (C=O) groups excluding carboxylic acids is 1. The lowest BCUT2D eigenvalue weighted by molar-refractivity contribution is -0.124. The number of pyridine rings is 1. The third-order valence-corrected chi connectivity index (χ3v) is 8.43. The second-order valence-corrected chi connectivity index (χ2v) is 10.9. The van der Waals surface area contributed by atoms with Crippen LogP contribution in [-0.4, -0.2) is 42.1 Å². The molecule has 0 radical (unpaired) electrons. The average molecular weight is 531 g/mol. The van der Waals surface area contributed by atoms with E-state index in [2.05, 4.69) is 16.4 Å². The minimum absolute atomic E-state index is 0.0140. The molecule has 194 valence electrons. The molecule has 1 saturated heterocycles. The molecule has 0 bridgehead atoms. The Morgan fingerprint density at radius 3 is 2.59 bits per heavy atom. The largest absolute Gasteiger partial charge is 0.349 e. The highest BCUT2D eigenvalue weighted by molar-refractivity contribution is 7.89. The van der Waals surface area contributed by atoms with Gasteiger partial charge < -0.3 is 5.32 Å². The van der Waals surface area contributed by atoms with Gasteiger partial charge in [-0.25, -0.2) is 21.6 Å². The highest BCUT2D eigenvalue weighted by atomic mass is 32.2. The van der Waals surface area contributed by atoms with Crippen LogP contribution in [0.5, 0.6) is 0 Å². The lowest BCUT2D eigenvalue weighted by Gasteiger charge is -2.23. The Bertz CT molecular complexity index is 1410. The molecule has 1 atom stereocenters. The van der Waals surface area contributed by atoms with Crippen molar-refractivity contribution in [1.29, 1.82) is 5.26 Å². The van der Waals surface area contributed by atoms with Crippen LogP contribution in [0.4, 0.5) is 13.2 Å². The standard InChI is InChI=1S/C26H25F3N4O3S/c1-26(28,29)19-6-4-17(5-7-19)23-13-21(31-15-18(23)14-30)16-32-25(34)24-3-2-12-33(24)37(35,36)22-10-8-20(27)9-11-22/h4,6,8-11,13,15,24H,2-3,5,7,12,16H2,1H3,(H,32,34). The van der Waals surface area contributed by atoms with Gasteiger partial charge in [0.15, 0.2) is 0 Å². The summed E-state index contributed by atoms with van der Waals surface area (Å²) in [5, 5.41) is 12.2. The van der Waals surface area contributed by atoms with E-state index in [1.165, 1.54) is 24.4 Å². The second-order valence-electron chi connectivity index (χ2n) is 9.05. The van der Waals surface area contributed by atoms with Crippen LogP contribution in [0.3, 0.4) is 0 Å². The van der Waals surface area contributed by atoms with Gasteiger partial charge in [0.2, 0.25) is 15.9 Å². The number of hydrogen-bond acceptors (Lipinski definition) is 5. The predicted molar refractivity (Wildman–Crippen MR) is 130 cm³/mol. The molecule has 4 rings (SSSR count). The van der Waals surface area contributed by atoms with Crippen molar-refractivity contribution in [2.24, 2.45) is 0 Å². The highest BCUT2D eigenvalue weighted by Crippen LogP contribution is 2.35. The van der Waals surface area contributed by atoms with E-state index in [0.717, 1.165) is 23.4 Å². The quantitative estimate of drug-likeness (QED) is 0.574. The molecule has 1 aliphatic heterocycles. The lowest BCUT2D eigenvalue weighted by Crippen LogP contribution is -2.45. The van der Waals surface area contributed by atoms with Crippen molar-refractivity contribution < 1.29 is 26.4 Å². The number of hydrogen-bond donors (Lipinski definition) is 1. The maximum Gasteiger partial charge on any atom is 0.266 e. The van der Waals surface area contributed by atoms with Gasteiger partial charge in [0.05, 0.1) is 22.7 Å². The average Bonchev–Trinajstić information content (AvgIpc) is 3.38. The van der Waals surface area contributed by atoms with Gasteiger partial charge >= 0.3 is 0 Å². The first-order valence-corrected chi connectivity index (χ1v) is 13.2. The topological polar surface area (TPSA) is 103 Å². The fraction of sp³-hybridized carbons (Fsp3) is 0.346. The number of aromatic nitrogens is 1. The van der Waals surface area contributed by atoms with E-state index in [9.17, 15) is 31.6 Å². The Morgan fingerprint density at radius 2 is 1.97 bits per heavy atom. The Kier molecular flexibility index (Phi) is 7.52. The molecule has 2 heterocycles. The van der Waals surface area contributed by atoms with E-state index in [1.54, 1.807) is 12.1 Å². The summed E-state index contributed by atoms with van der Waals surface area (Å²) < 4.78 is 67.6. The molecule has 1 amide bonds. The van der Waals surface area contributed by atoms with Crippen molar-refractivity contribution in [2.45, 2.75) is 56.0 Å². The number of nitrogens with zero attached hydrogens (tertiary/aromatic N) is 3. The van der Waals surface area contributed by atoms with E-state index < -0.39 is 33.7 Å². The fourth-order valence-corrected chi connectivity index (χ4v) is 6.16. The summed E-state index contributed by atoms with van der Waals surface area (Å²) in [6.07, 6.45) is 5.64. The number of rotatable bonds is 7. The van der Waals surface area contributed by atoms with Gasteiger partial charge in [-0.2, -0.15) is 9.57 Å². The Hall–Kier alpha value is -3.49. The number of sulfonamides is 1. The summed E-state index contributed by atoms with van der Waals surface area (Å²) >= 11 is 0. The van der Waals surface area contributed by atoms with E-state index in [4.69, 9.17) is 0 Å². The van der Waals surface area contributed by atoms with Crippen LogP contribution in [0.1, 0.15) is 49.4 Å². The molecule has 2 aromatic rings. The van der Waals surface area contributed by atoms with Gasteiger partial charge in [0.1, 0.15) is 17.9 Å². The van der Waals surface area contributed by atoms with Crippen LogP contribution >= 0.6 is 0 Å². The van der Waals surface area contributed by atoms with E-state index in [1.807, 2.05) is 0 Å². The number of amides is 1. The normalized spacial score (nSPS) is 18.6. The smallest absolute Gasteiger partial charge is 0.266 e. The van der Waals surface area contributed by atoms with Crippen molar-refractivity contribution in [3.05, 3.63) is 76.9 Å². The molecule has 1 unspecified atom stereocenters. The predicted octanol–water partition coefficient (Wildman–Crippen LogP) is 4.32. The summed E-state index contributed by atoms with van der Waals surface area (Å²) in [5.74, 6) is -3.97. The number of halogens is 3. The number of alkyl halides is 2. The molecular weight excluding hydrogens is 505 g/mol. The number of nitrogens with one attached hydrogen (secondary N) is 1. The molecule has 1 aliphatic carbocycles. The molecule has 1 N–H and O–H groups in total. The first kappa shape index (κ1) is 26.6. The van der Waals surface area contributed by atoms with Crippen molar-refractivity contribution in [1.82, 2.24) is 14.6 Å². The van der Waals surface area contributed by atoms with Gasteiger partial charge in [-0.1, -0.05) is 12.2 Å².